The van der Waals surface area contributed by atoms with Gasteiger partial charge in [-0.05, 0) is 30.2 Å². The predicted molar refractivity (Wildman–Crippen MR) is 58.3 cm³/mol. The molecule has 0 atom stereocenters. The van der Waals surface area contributed by atoms with Crippen LogP contribution < -0.4 is 4.74 Å². The molecule has 17 heavy (non-hydrogen) atoms. The van der Waals surface area contributed by atoms with E-state index in [-0.39, 0.29) is 18.0 Å². The zero-order chi connectivity index (χ0) is 12.8. The van der Waals surface area contributed by atoms with Crippen molar-refractivity contribution in [3.8, 4) is 5.75 Å². The normalized spacial score (nSPS) is 10.4. The number of aryl methyl sites for hydroxylation is 1. The van der Waals surface area contributed by atoms with Gasteiger partial charge < -0.3 is 9.47 Å². The maximum absolute atomic E-state index is 12.6. The number of rotatable bonds is 5. The fourth-order valence-corrected chi connectivity index (χ4v) is 1.42. The highest BCUT2D eigenvalue weighted by Crippen LogP contribution is 2.25. The lowest BCUT2D eigenvalue weighted by molar-refractivity contribution is -0.140. The van der Waals surface area contributed by atoms with Crippen LogP contribution in [-0.4, -0.2) is 20.2 Å². The van der Waals surface area contributed by atoms with E-state index in [0.717, 1.165) is 0 Å². The minimum Gasteiger partial charge on any atom is -0.497 e. The summed E-state index contributed by atoms with van der Waals surface area (Å²) in [5, 5.41) is 0. The van der Waals surface area contributed by atoms with Crippen LogP contribution in [0.5, 0.6) is 5.75 Å². The molecule has 0 N–H and O–H groups in total. The van der Waals surface area contributed by atoms with Crippen LogP contribution in [0.4, 0.5) is 8.78 Å². The van der Waals surface area contributed by atoms with Gasteiger partial charge in [-0.2, -0.15) is 0 Å². The number of methoxy groups -OCH3 is 2. The summed E-state index contributed by atoms with van der Waals surface area (Å²) < 4.78 is 34.6. The molecule has 0 amide bonds. The number of carbonyl (C=O) groups is 1. The summed E-state index contributed by atoms with van der Waals surface area (Å²) in [4.78, 5) is 11.0. The van der Waals surface area contributed by atoms with Gasteiger partial charge in [0.25, 0.3) is 6.43 Å². The molecule has 1 aromatic rings. The lowest BCUT2D eigenvalue weighted by Gasteiger charge is -2.08. The molecule has 0 aliphatic heterocycles. The van der Waals surface area contributed by atoms with Crippen molar-refractivity contribution in [2.75, 3.05) is 14.2 Å². The third kappa shape index (κ3) is 4.01. The summed E-state index contributed by atoms with van der Waals surface area (Å²) in [7, 11) is 2.70. The molecule has 0 fully saturated rings. The van der Waals surface area contributed by atoms with Gasteiger partial charge in [0.1, 0.15) is 5.75 Å². The molecule has 94 valence electrons. The van der Waals surface area contributed by atoms with Gasteiger partial charge in [-0.3, -0.25) is 4.79 Å². The van der Waals surface area contributed by atoms with Crippen molar-refractivity contribution in [3.63, 3.8) is 0 Å². The first-order valence-corrected chi connectivity index (χ1v) is 5.09. The van der Waals surface area contributed by atoms with Gasteiger partial charge in [-0.1, -0.05) is 0 Å². The van der Waals surface area contributed by atoms with Crippen LogP contribution in [0.25, 0.3) is 0 Å². The maximum Gasteiger partial charge on any atom is 0.305 e. The topological polar surface area (TPSA) is 35.5 Å². The Morgan fingerprint density at radius 3 is 2.53 bits per heavy atom. The Labute approximate surface area is 98.3 Å². The van der Waals surface area contributed by atoms with Crippen molar-refractivity contribution in [2.24, 2.45) is 0 Å². The van der Waals surface area contributed by atoms with Gasteiger partial charge in [0.2, 0.25) is 0 Å². The van der Waals surface area contributed by atoms with Crippen LogP contribution in [-0.2, 0) is 16.0 Å². The highest BCUT2D eigenvalue weighted by molar-refractivity contribution is 5.69. The highest BCUT2D eigenvalue weighted by Gasteiger charge is 2.11. The Balaban J connectivity index is 2.83. The Hall–Kier alpha value is -1.65. The average molecular weight is 244 g/mol. The number of hydrogen-bond donors (Lipinski definition) is 0. The fourth-order valence-electron chi connectivity index (χ4n) is 1.42. The molecule has 0 saturated heterocycles. The minimum atomic E-state index is -2.55. The van der Waals surface area contributed by atoms with E-state index in [1.54, 1.807) is 6.07 Å². The second-order valence-corrected chi connectivity index (χ2v) is 3.49. The number of esters is 1. The quantitative estimate of drug-likeness (QED) is 0.747. The Kier molecular flexibility index (Phi) is 4.87. The first kappa shape index (κ1) is 13.4. The zero-order valence-corrected chi connectivity index (χ0v) is 9.70. The minimum absolute atomic E-state index is 0.107. The summed E-state index contributed by atoms with van der Waals surface area (Å²) in [5.41, 5.74) is 0.522. The molecule has 1 rings (SSSR count). The van der Waals surface area contributed by atoms with Crippen molar-refractivity contribution in [2.45, 2.75) is 19.3 Å². The molecule has 0 unspecified atom stereocenters. The lowest BCUT2D eigenvalue weighted by Crippen LogP contribution is -2.02. The van der Waals surface area contributed by atoms with Gasteiger partial charge in [0.05, 0.1) is 14.2 Å². The Morgan fingerprint density at radius 2 is 2.00 bits per heavy atom. The van der Waals surface area contributed by atoms with E-state index in [9.17, 15) is 13.6 Å². The zero-order valence-electron chi connectivity index (χ0n) is 9.70. The monoisotopic (exact) mass is 244 g/mol. The standard InChI is InChI=1S/C12H14F2O3/c1-16-10-6-8(3-4-11(15)17-2)5-9(7-10)12(13)14/h5-7,12H,3-4H2,1-2H3. The SMILES string of the molecule is COC(=O)CCc1cc(OC)cc(C(F)F)c1. The van der Waals surface area contributed by atoms with Crippen LogP contribution in [0.15, 0.2) is 18.2 Å². The molecule has 0 saturated carbocycles. The average Bonchev–Trinajstić information content (AvgIpc) is 2.35. The molecular weight excluding hydrogens is 230 g/mol. The molecule has 0 spiro atoms. The van der Waals surface area contributed by atoms with Crippen molar-refractivity contribution < 1.29 is 23.0 Å². The molecule has 5 heteroatoms. The van der Waals surface area contributed by atoms with Gasteiger partial charge in [0.15, 0.2) is 0 Å². The molecule has 0 radical (unpaired) electrons. The van der Waals surface area contributed by atoms with E-state index in [2.05, 4.69) is 4.74 Å². The van der Waals surface area contributed by atoms with Crippen molar-refractivity contribution >= 4 is 5.97 Å². The highest BCUT2D eigenvalue weighted by atomic mass is 19.3. The Morgan fingerprint density at radius 1 is 1.29 bits per heavy atom. The summed E-state index contributed by atoms with van der Waals surface area (Å²) in [6.07, 6.45) is -2.04. The lowest BCUT2D eigenvalue weighted by atomic mass is 10.1. The molecule has 3 nitrogen and oxygen atoms in total. The predicted octanol–water partition coefficient (Wildman–Crippen LogP) is 2.74. The van der Waals surface area contributed by atoms with Crippen molar-refractivity contribution in [3.05, 3.63) is 29.3 Å². The van der Waals surface area contributed by atoms with E-state index in [4.69, 9.17) is 4.74 Å². The fraction of sp³-hybridized carbons (Fsp3) is 0.417. The van der Waals surface area contributed by atoms with E-state index in [0.29, 0.717) is 17.7 Å². The van der Waals surface area contributed by atoms with Crippen LogP contribution in [0.3, 0.4) is 0 Å². The summed E-state index contributed by atoms with van der Waals surface area (Å²) in [6, 6.07) is 4.29. The van der Waals surface area contributed by atoms with Gasteiger partial charge in [-0.15, -0.1) is 0 Å². The van der Waals surface area contributed by atoms with E-state index in [1.807, 2.05) is 0 Å². The molecule has 0 bridgehead atoms. The number of ether oxygens (including phenoxy) is 2. The van der Waals surface area contributed by atoms with Crippen molar-refractivity contribution in [1.29, 1.82) is 0 Å². The molecule has 0 aliphatic carbocycles. The van der Waals surface area contributed by atoms with Crippen LogP contribution in [0.1, 0.15) is 24.0 Å². The molecular formula is C12H14F2O3. The number of hydrogen-bond acceptors (Lipinski definition) is 3. The molecule has 0 heterocycles. The smallest absolute Gasteiger partial charge is 0.305 e. The summed E-state index contributed by atoms with van der Waals surface area (Å²) in [5.74, 6) is -0.00548. The van der Waals surface area contributed by atoms with Gasteiger partial charge in [-0.25, -0.2) is 8.78 Å². The second kappa shape index (κ2) is 6.18. The second-order valence-electron chi connectivity index (χ2n) is 3.49. The van der Waals surface area contributed by atoms with Crippen LogP contribution >= 0.6 is 0 Å². The molecule has 1 aromatic carbocycles. The number of carbonyl (C=O) groups excluding carboxylic acids is 1. The van der Waals surface area contributed by atoms with Gasteiger partial charge in [0, 0.05) is 12.0 Å². The molecule has 0 aliphatic rings. The summed E-state index contributed by atoms with van der Waals surface area (Å²) in [6.45, 7) is 0. The van der Waals surface area contributed by atoms with E-state index < -0.39 is 6.43 Å². The van der Waals surface area contributed by atoms with Crippen LogP contribution in [0, 0.1) is 0 Å². The van der Waals surface area contributed by atoms with E-state index in [1.165, 1.54) is 26.4 Å². The number of benzene rings is 1. The third-order valence-corrected chi connectivity index (χ3v) is 2.32. The third-order valence-electron chi connectivity index (χ3n) is 2.32. The number of halogens is 2. The van der Waals surface area contributed by atoms with Crippen LogP contribution in [0.2, 0.25) is 0 Å². The molecule has 0 aromatic heterocycles. The summed E-state index contributed by atoms with van der Waals surface area (Å²) >= 11 is 0. The van der Waals surface area contributed by atoms with Crippen molar-refractivity contribution in [1.82, 2.24) is 0 Å². The largest absolute Gasteiger partial charge is 0.497 e. The number of alkyl halides is 2. The Bertz CT molecular complexity index is 391. The maximum atomic E-state index is 12.6. The van der Waals surface area contributed by atoms with Gasteiger partial charge >= 0.3 is 5.97 Å². The first-order chi connectivity index (χ1) is 8.06. The van der Waals surface area contributed by atoms with E-state index >= 15 is 0 Å². The first-order valence-electron chi connectivity index (χ1n) is 5.09.